The predicted molar refractivity (Wildman–Crippen MR) is 76.5 cm³/mol. The predicted octanol–water partition coefficient (Wildman–Crippen LogP) is 4.67. The molecule has 2 heteroatoms. The van der Waals surface area contributed by atoms with Crippen LogP contribution in [0.1, 0.15) is 34.6 Å². The minimum atomic E-state index is 0.686. The molecule has 0 unspecified atom stereocenters. The zero-order chi connectivity index (χ0) is 13.4. The molecule has 0 aliphatic carbocycles. The van der Waals surface area contributed by atoms with Gasteiger partial charge < -0.3 is 9.64 Å². The first-order valence-electron chi connectivity index (χ1n) is 6.22. The second-order valence-electron chi connectivity index (χ2n) is 4.25. The van der Waals surface area contributed by atoms with E-state index in [1.807, 2.05) is 50.1 Å². The van der Waals surface area contributed by atoms with Gasteiger partial charge in [0.05, 0.1) is 5.69 Å². The van der Waals surface area contributed by atoms with Gasteiger partial charge in [-0.05, 0) is 24.6 Å². The molecule has 2 nitrogen and oxygen atoms in total. The van der Waals surface area contributed by atoms with Gasteiger partial charge in [0, 0.05) is 7.05 Å². The molecule has 0 spiro atoms. The fraction of sp³-hybridized carbons (Fsp3) is 0.467. The topological polar surface area (TPSA) is 12.5 Å². The van der Waals surface area contributed by atoms with E-state index in [0.717, 1.165) is 17.4 Å². The minimum Gasteiger partial charge on any atom is -0.439 e. The molecule has 2 rings (SSSR count). The maximum absolute atomic E-state index is 5.35. The molecule has 1 aromatic carbocycles. The van der Waals surface area contributed by atoms with Crippen molar-refractivity contribution in [2.75, 3.05) is 11.9 Å². The van der Waals surface area contributed by atoms with Gasteiger partial charge in [-0.2, -0.15) is 0 Å². The Morgan fingerprint density at radius 1 is 1.12 bits per heavy atom. The molecule has 1 heterocycles. The van der Waals surface area contributed by atoms with Crippen molar-refractivity contribution in [1.29, 1.82) is 0 Å². The molecule has 0 fully saturated rings. The van der Waals surface area contributed by atoms with Gasteiger partial charge >= 0.3 is 0 Å². The largest absolute Gasteiger partial charge is 0.439 e. The van der Waals surface area contributed by atoms with E-state index in [2.05, 4.69) is 27.4 Å². The van der Waals surface area contributed by atoms with Gasteiger partial charge in [-0.25, -0.2) is 0 Å². The number of fused-ring (bicyclic) bond motifs is 1. The van der Waals surface area contributed by atoms with Crippen LogP contribution in [0.25, 0.3) is 0 Å². The highest BCUT2D eigenvalue weighted by molar-refractivity contribution is 5.65. The maximum Gasteiger partial charge on any atom is 0.193 e. The lowest BCUT2D eigenvalue weighted by atomic mass is 10.3. The van der Waals surface area contributed by atoms with Gasteiger partial charge in [-0.15, -0.1) is 0 Å². The van der Waals surface area contributed by atoms with Crippen molar-refractivity contribution in [1.82, 2.24) is 0 Å². The molecule has 1 aliphatic rings. The quantitative estimate of drug-likeness (QED) is 0.647. The highest BCUT2D eigenvalue weighted by atomic mass is 16.5. The molecular formula is C15H25NO. The van der Waals surface area contributed by atoms with Crippen molar-refractivity contribution >= 4 is 5.69 Å². The first-order valence-corrected chi connectivity index (χ1v) is 6.22. The fourth-order valence-electron chi connectivity index (χ4n) is 1.15. The second kappa shape index (κ2) is 7.77. The second-order valence-corrected chi connectivity index (χ2v) is 4.25. The normalized spacial score (nSPS) is 11.9. The summed E-state index contributed by atoms with van der Waals surface area (Å²) < 4.78 is 5.35. The van der Waals surface area contributed by atoms with Crippen molar-refractivity contribution in [2.24, 2.45) is 5.92 Å². The van der Waals surface area contributed by atoms with Crippen LogP contribution < -0.4 is 9.64 Å². The van der Waals surface area contributed by atoms with E-state index in [0.29, 0.717) is 5.88 Å². The summed E-state index contributed by atoms with van der Waals surface area (Å²) in [4.78, 5) is 1.93. The molecule has 0 atom stereocenters. The van der Waals surface area contributed by atoms with E-state index in [-0.39, 0.29) is 0 Å². The summed E-state index contributed by atoms with van der Waals surface area (Å²) in [6.07, 6.45) is 0. The molecule has 0 saturated carbocycles. The lowest BCUT2D eigenvalue weighted by Crippen LogP contribution is -2.11. The highest BCUT2D eigenvalue weighted by Crippen LogP contribution is 2.36. The van der Waals surface area contributed by atoms with Crippen molar-refractivity contribution in [3.63, 3.8) is 0 Å². The van der Waals surface area contributed by atoms with Crippen LogP contribution in [0, 0.1) is 5.92 Å². The molecular weight excluding hydrogens is 210 g/mol. The van der Waals surface area contributed by atoms with Gasteiger partial charge in [-0.1, -0.05) is 46.8 Å². The average molecular weight is 235 g/mol. The molecule has 1 aliphatic heterocycles. The summed E-state index contributed by atoms with van der Waals surface area (Å²) >= 11 is 0. The van der Waals surface area contributed by atoms with Gasteiger partial charge in [0.2, 0.25) is 0 Å². The van der Waals surface area contributed by atoms with Gasteiger partial charge in [0.25, 0.3) is 0 Å². The zero-order valence-corrected chi connectivity index (χ0v) is 11.9. The molecule has 1 aromatic rings. The number of ether oxygens (including phenoxy) is 1. The van der Waals surface area contributed by atoms with E-state index in [1.165, 1.54) is 0 Å². The van der Waals surface area contributed by atoms with Gasteiger partial charge in [-0.3, -0.25) is 0 Å². The van der Waals surface area contributed by atoms with Crippen LogP contribution >= 0.6 is 0 Å². The Labute approximate surface area is 106 Å². The maximum atomic E-state index is 5.35. The Bertz CT molecular complexity index is 342. The number of para-hydroxylation sites is 2. The van der Waals surface area contributed by atoms with Crippen LogP contribution in [0.15, 0.2) is 36.7 Å². The molecule has 96 valence electrons. The molecule has 0 amide bonds. The van der Waals surface area contributed by atoms with E-state index in [4.69, 9.17) is 4.74 Å². The summed E-state index contributed by atoms with van der Waals surface area (Å²) in [6.45, 7) is 14.3. The third-order valence-electron chi connectivity index (χ3n) is 1.83. The van der Waals surface area contributed by atoms with E-state index < -0.39 is 0 Å². The van der Waals surface area contributed by atoms with Crippen LogP contribution in [0.4, 0.5) is 5.69 Å². The number of benzene rings is 1. The molecule has 0 bridgehead atoms. The number of nitrogens with zero attached hydrogens (tertiary/aromatic N) is 1. The first kappa shape index (κ1) is 15.6. The summed E-state index contributed by atoms with van der Waals surface area (Å²) in [5.74, 6) is 2.41. The summed E-state index contributed by atoms with van der Waals surface area (Å²) in [6, 6.07) is 7.88. The average Bonchev–Trinajstić information content (AvgIpc) is 2.58. The minimum absolute atomic E-state index is 0.686. The Balaban J connectivity index is 0.000000368. The van der Waals surface area contributed by atoms with E-state index >= 15 is 0 Å². The molecule has 0 radical (unpaired) electrons. The Morgan fingerprint density at radius 3 is 2.06 bits per heavy atom. The summed E-state index contributed by atoms with van der Waals surface area (Å²) in [5, 5.41) is 0. The van der Waals surface area contributed by atoms with Gasteiger partial charge in [0.1, 0.15) is 0 Å². The van der Waals surface area contributed by atoms with E-state index in [1.54, 1.807) is 0 Å². The smallest absolute Gasteiger partial charge is 0.193 e. The van der Waals surface area contributed by atoms with Crippen molar-refractivity contribution in [3.05, 3.63) is 36.7 Å². The fourth-order valence-corrected chi connectivity index (χ4v) is 1.15. The summed E-state index contributed by atoms with van der Waals surface area (Å²) in [7, 11) is 1.94. The first-order chi connectivity index (χ1) is 8.02. The third kappa shape index (κ3) is 4.94. The SMILES string of the molecule is C=C1Oc2ccccc2N1C.CC.CC(C)C. The van der Waals surface area contributed by atoms with Crippen LogP contribution in [-0.4, -0.2) is 7.05 Å². The van der Waals surface area contributed by atoms with Crippen LogP contribution in [0.2, 0.25) is 0 Å². The third-order valence-corrected chi connectivity index (χ3v) is 1.83. The highest BCUT2D eigenvalue weighted by Gasteiger charge is 2.19. The molecule has 0 N–H and O–H groups in total. The standard InChI is InChI=1S/C9H9NO.C4H10.C2H6/c1-7-10(2)8-5-3-4-6-9(8)11-7;1-4(2)3;1-2/h3-6H,1H2,2H3;4H,1-3H3;1-2H3. The van der Waals surface area contributed by atoms with Crippen LogP contribution in [0.5, 0.6) is 5.75 Å². The van der Waals surface area contributed by atoms with Crippen LogP contribution in [0.3, 0.4) is 0 Å². The number of anilines is 1. The lowest BCUT2D eigenvalue weighted by molar-refractivity contribution is 0.446. The monoisotopic (exact) mass is 235 g/mol. The van der Waals surface area contributed by atoms with Crippen molar-refractivity contribution < 1.29 is 4.74 Å². The number of hydrogen-bond donors (Lipinski definition) is 0. The van der Waals surface area contributed by atoms with Gasteiger partial charge in [0.15, 0.2) is 11.6 Å². The van der Waals surface area contributed by atoms with Crippen LogP contribution in [-0.2, 0) is 0 Å². The number of hydrogen-bond acceptors (Lipinski definition) is 2. The lowest BCUT2D eigenvalue weighted by Gasteiger charge is -2.07. The van der Waals surface area contributed by atoms with Crippen molar-refractivity contribution in [2.45, 2.75) is 34.6 Å². The van der Waals surface area contributed by atoms with E-state index in [9.17, 15) is 0 Å². The Hall–Kier alpha value is -1.44. The Kier molecular flexibility index (Phi) is 7.11. The number of rotatable bonds is 0. The zero-order valence-electron chi connectivity index (χ0n) is 11.9. The Morgan fingerprint density at radius 2 is 1.59 bits per heavy atom. The molecule has 0 saturated heterocycles. The molecule has 0 aromatic heterocycles. The molecule has 17 heavy (non-hydrogen) atoms. The summed E-state index contributed by atoms with van der Waals surface area (Å²) in [5.41, 5.74) is 1.08. The van der Waals surface area contributed by atoms with Crippen molar-refractivity contribution in [3.8, 4) is 5.75 Å².